The standard InChI is InChI=1S/C16H21NO6.C9H17NO5/c1-16(2,3)23-15(21)17-12(14(19)20)9-13(18)22-10-11-7-5-4-6-8-11;1-9(2,3)15-8(14)10-6(5-11)4-7(12)13/h4-8,12H,9-10H2,1-3H3,(H,17,21)(H,19,20);6,11H,4-5H2,1-3H3,(H,10,14)(H,12,13)/t12-;6-/m00/s1. The summed E-state index contributed by atoms with van der Waals surface area (Å²) in [5.41, 5.74) is -0.623. The molecule has 0 fully saturated rings. The molecule has 0 saturated carbocycles. The van der Waals surface area contributed by atoms with Crippen LogP contribution in [0, 0.1) is 0 Å². The number of amides is 2. The van der Waals surface area contributed by atoms with Gasteiger partial charge in [-0.1, -0.05) is 30.3 Å². The lowest BCUT2D eigenvalue weighted by atomic mass is 10.2. The van der Waals surface area contributed by atoms with Crippen molar-refractivity contribution in [1.82, 2.24) is 10.6 Å². The molecule has 0 aliphatic heterocycles. The Bertz CT molecular complexity index is 921. The van der Waals surface area contributed by atoms with Crippen LogP contribution in [0.3, 0.4) is 0 Å². The number of alkyl carbamates (subject to hydrolysis) is 2. The molecule has 13 nitrogen and oxygen atoms in total. The number of carboxylic acids is 2. The molecule has 13 heteroatoms. The predicted octanol–water partition coefficient (Wildman–Crippen LogP) is 2.44. The Morgan fingerprint density at radius 2 is 1.32 bits per heavy atom. The van der Waals surface area contributed by atoms with E-state index in [2.05, 4.69) is 10.6 Å². The first kappa shape index (κ1) is 34.1. The molecule has 0 spiro atoms. The lowest BCUT2D eigenvalue weighted by molar-refractivity contribution is -0.150. The van der Waals surface area contributed by atoms with Crippen molar-refractivity contribution in [2.24, 2.45) is 0 Å². The predicted molar refractivity (Wildman–Crippen MR) is 134 cm³/mol. The third-order valence-corrected chi connectivity index (χ3v) is 3.96. The summed E-state index contributed by atoms with van der Waals surface area (Å²) in [7, 11) is 0. The second kappa shape index (κ2) is 16.1. The van der Waals surface area contributed by atoms with Crippen molar-refractivity contribution in [2.75, 3.05) is 6.61 Å². The molecule has 0 aromatic heterocycles. The van der Waals surface area contributed by atoms with Gasteiger partial charge in [0.15, 0.2) is 0 Å². The van der Waals surface area contributed by atoms with Crippen LogP contribution in [0.25, 0.3) is 0 Å². The van der Waals surface area contributed by atoms with Gasteiger partial charge in [-0.15, -0.1) is 0 Å². The molecule has 1 rings (SSSR count). The average molecular weight is 543 g/mol. The summed E-state index contributed by atoms with van der Waals surface area (Å²) >= 11 is 0. The highest BCUT2D eigenvalue weighted by atomic mass is 16.6. The van der Waals surface area contributed by atoms with E-state index in [0.29, 0.717) is 0 Å². The molecule has 0 aliphatic rings. The molecule has 0 unspecified atom stereocenters. The fourth-order valence-electron chi connectivity index (χ4n) is 2.46. The summed E-state index contributed by atoms with van der Waals surface area (Å²) in [4.78, 5) is 55.9. The van der Waals surface area contributed by atoms with Crippen LogP contribution < -0.4 is 10.6 Å². The highest BCUT2D eigenvalue weighted by Gasteiger charge is 2.27. The number of aliphatic hydroxyl groups is 1. The van der Waals surface area contributed by atoms with Crippen molar-refractivity contribution in [1.29, 1.82) is 0 Å². The molecule has 0 saturated heterocycles. The van der Waals surface area contributed by atoms with Gasteiger partial charge in [0.05, 0.1) is 25.5 Å². The molecule has 0 aliphatic carbocycles. The number of rotatable bonds is 10. The van der Waals surface area contributed by atoms with Gasteiger partial charge in [-0.3, -0.25) is 9.59 Å². The SMILES string of the molecule is CC(C)(C)OC(=O)N[C@@H](CC(=O)OCc1ccccc1)C(=O)O.CC(C)(C)OC(=O)N[C@H](CO)CC(=O)O. The third-order valence-electron chi connectivity index (χ3n) is 3.96. The number of carboxylic acid groups (broad SMARTS) is 2. The number of hydrogen-bond donors (Lipinski definition) is 5. The Morgan fingerprint density at radius 1 is 0.816 bits per heavy atom. The smallest absolute Gasteiger partial charge is 0.408 e. The van der Waals surface area contributed by atoms with E-state index >= 15 is 0 Å². The second-order valence-electron chi connectivity index (χ2n) is 10.0. The molecule has 0 radical (unpaired) electrons. The van der Waals surface area contributed by atoms with Crippen molar-refractivity contribution >= 4 is 30.1 Å². The average Bonchev–Trinajstić information content (AvgIpc) is 2.75. The van der Waals surface area contributed by atoms with Crippen molar-refractivity contribution in [3.05, 3.63) is 35.9 Å². The van der Waals surface area contributed by atoms with Gasteiger partial charge in [-0.25, -0.2) is 14.4 Å². The van der Waals surface area contributed by atoms with Gasteiger partial charge in [0.2, 0.25) is 0 Å². The summed E-state index contributed by atoms with van der Waals surface area (Å²) in [5.74, 6) is -3.16. The Kier molecular flexibility index (Phi) is 14.4. The van der Waals surface area contributed by atoms with Crippen molar-refractivity contribution in [3.8, 4) is 0 Å². The zero-order valence-electron chi connectivity index (χ0n) is 22.5. The van der Waals surface area contributed by atoms with E-state index in [4.69, 9.17) is 29.5 Å². The summed E-state index contributed by atoms with van der Waals surface area (Å²) in [5, 5.41) is 30.7. The lowest BCUT2D eigenvalue weighted by Gasteiger charge is -2.22. The minimum Gasteiger partial charge on any atom is -0.481 e. The highest BCUT2D eigenvalue weighted by Crippen LogP contribution is 2.09. The fourth-order valence-corrected chi connectivity index (χ4v) is 2.46. The summed E-state index contributed by atoms with van der Waals surface area (Å²) < 4.78 is 14.9. The quantitative estimate of drug-likeness (QED) is 0.215. The van der Waals surface area contributed by atoms with E-state index in [1.165, 1.54) is 0 Å². The minimum atomic E-state index is -1.41. The van der Waals surface area contributed by atoms with Crippen LogP contribution in [-0.2, 0) is 35.2 Å². The van der Waals surface area contributed by atoms with Gasteiger partial charge in [0.25, 0.3) is 0 Å². The molecule has 0 heterocycles. The molecule has 214 valence electrons. The van der Waals surface area contributed by atoms with Crippen LogP contribution in [0.2, 0.25) is 0 Å². The van der Waals surface area contributed by atoms with E-state index < -0.39 is 66.4 Å². The fraction of sp³-hybridized carbons (Fsp3) is 0.560. The number of esters is 1. The first-order valence-corrected chi connectivity index (χ1v) is 11.7. The summed E-state index contributed by atoms with van der Waals surface area (Å²) in [6.45, 7) is 9.63. The number of nitrogens with one attached hydrogen (secondary N) is 2. The van der Waals surface area contributed by atoms with Crippen LogP contribution in [-0.4, -0.2) is 75.3 Å². The number of ether oxygens (including phenoxy) is 3. The summed E-state index contributed by atoms with van der Waals surface area (Å²) in [6.07, 6.45) is -2.46. The molecular weight excluding hydrogens is 504 g/mol. The van der Waals surface area contributed by atoms with Gasteiger partial charge in [0.1, 0.15) is 23.9 Å². The van der Waals surface area contributed by atoms with Crippen LogP contribution in [0.1, 0.15) is 59.9 Å². The van der Waals surface area contributed by atoms with E-state index in [-0.39, 0.29) is 13.0 Å². The number of aliphatic carboxylic acids is 2. The van der Waals surface area contributed by atoms with E-state index in [9.17, 15) is 24.0 Å². The summed E-state index contributed by atoms with van der Waals surface area (Å²) in [6, 6.07) is 6.75. The molecule has 0 bridgehead atoms. The first-order chi connectivity index (χ1) is 17.4. The number of benzene rings is 1. The second-order valence-corrected chi connectivity index (χ2v) is 10.0. The largest absolute Gasteiger partial charge is 0.481 e. The van der Waals surface area contributed by atoms with Crippen LogP contribution in [0.5, 0.6) is 0 Å². The molecule has 38 heavy (non-hydrogen) atoms. The molecule has 5 N–H and O–H groups in total. The Balaban J connectivity index is 0.000000793. The van der Waals surface area contributed by atoms with Crippen molar-refractivity contribution < 1.29 is 53.5 Å². The van der Waals surface area contributed by atoms with Crippen molar-refractivity contribution in [2.45, 2.75) is 84.3 Å². The molecule has 2 atom stereocenters. The topological polar surface area (TPSA) is 198 Å². The number of carbonyl (C=O) groups excluding carboxylic acids is 3. The molecular formula is C25H38N2O11. The van der Waals surface area contributed by atoms with Gasteiger partial charge in [-0.2, -0.15) is 0 Å². The number of aliphatic hydroxyl groups excluding tert-OH is 1. The van der Waals surface area contributed by atoms with E-state index in [0.717, 1.165) is 5.56 Å². The van der Waals surface area contributed by atoms with Gasteiger partial charge in [0, 0.05) is 0 Å². The van der Waals surface area contributed by atoms with Crippen LogP contribution in [0.4, 0.5) is 9.59 Å². The highest BCUT2D eigenvalue weighted by molar-refractivity contribution is 5.85. The third kappa shape index (κ3) is 18.4. The van der Waals surface area contributed by atoms with E-state index in [1.54, 1.807) is 65.8 Å². The van der Waals surface area contributed by atoms with Crippen LogP contribution >= 0.6 is 0 Å². The monoisotopic (exact) mass is 542 g/mol. The molecule has 2 amide bonds. The maximum Gasteiger partial charge on any atom is 0.408 e. The zero-order chi connectivity index (χ0) is 29.5. The Hall–Kier alpha value is -3.87. The maximum absolute atomic E-state index is 11.7. The first-order valence-electron chi connectivity index (χ1n) is 11.7. The van der Waals surface area contributed by atoms with Crippen molar-refractivity contribution in [3.63, 3.8) is 0 Å². The molecule has 1 aromatic rings. The maximum atomic E-state index is 11.7. The normalized spacial score (nSPS) is 12.5. The van der Waals surface area contributed by atoms with E-state index in [1.807, 2.05) is 6.07 Å². The minimum absolute atomic E-state index is 0.0401. The van der Waals surface area contributed by atoms with Gasteiger partial charge >= 0.3 is 30.1 Å². The number of hydrogen-bond acceptors (Lipinski definition) is 9. The molecule has 1 aromatic carbocycles. The van der Waals surface area contributed by atoms with Gasteiger partial charge in [-0.05, 0) is 47.1 Å². The Labute approximate surface area is 221 Å². The number of carbonyl (C=O) groups is 5. The van der Waals surface area contributed by atoms with Crippen LogP contribution in [0.15, 0.2) is 30.3 Å². The Morgan fingerprint density at radius 3 is 1.74 bits per heavy atom. The van der Waals surface area contributed by atoms with Gasteiger partial charge < -0.3 is 40.2 Å². The zero-order valence-corrected chi connectivity index (χ0v) is 22.5. The lowest BCUT2D eigenvalue weighted by Crippen LogP contribution is -2.44.